The van der Waals surface area contributed by atoms with Crippen LogP contribution in [0.1, 0.15) is 30.5 Å². The average molecular weight is 311 g/mol. The zero-order chi connectivity index (χ0) is 15.0. The molecule has 1 aliphatic rings. The van der Waals surface area contributed by atoms with E-state index < -0.39 is 10.0 Å². The molecule has 0 aromatic carbocycles. The van der Waals surface area contributed by atoms with Crippen molar-refractivity contribution < 1.29 is 12.9 Å². The molecule has 0 spiro atoms. The van der Waals surface area contributed by atoms with E-state index in [1.54, 1.807) is 14.0 Å². The predicted molar refractivity (Wildman–Crippen MR) is 73.0 cm³/mol. The summed E-state index contributed by atoms with van der Waals surface area (Å²) >= 11 is 0. The number of piperidine rings is 1. The fourth-order valence-electron chi connectivity index (χ4n) is 2.52. The average Bonchev–Trinajstić information content (AvgIpc) is 3.08. The van der Waals surface area contributed by atoms with Gasteiger partial charge < -0.3 is 4.52 Å². The zero-order valence-corrected chi connectivity index (χ0v) is 12.7. The Bertz CT molecular complexity index is 736. The van der Waals surface area contributed by atoms with E-state index in [1.807, 2.05) is 0 Å². The second-order valence-electron chi connectivity index (χ2n) is 5.23. The SMILES string of the molecule is Cc1noc([C@@H]2CCCN(S(=O)(=O)c3cnn(C)c3)C2)n1. The summed E-state index contributed by atoms with van der Waals surface area (Å²) in [6, 6.07) is 0. The summed E-state index contributed by atoms with van der Waals surface area (Å²) in [5, 5.41) is 7.70. The fourth-order valence-corrected chi connectivity index (χ4v) is 4.03. The number of aromatic nitrogens is 4. The third kappa shape index (κ3) is 2.70. The molecule has 1 saturated heterocycles. The maximum atomic E-state index is 12.6. The van der Waals surface area contributed by atoms with Crippen LogP contribution in [0, 0.1) is 6.92 Å². The standard InChI is InChI=1S/C12H17N5O3S/c1-9-14-12(20-15-9)10-4-3-5-17(7-10)21(18,19)11-6-13-16(2)8-11/h6,8,10H,3-5,7H2,1-2H3/t10-/m1/s1. The molecule has 114 valence electrons. The summed E-state index contributed by atoms with van der Waals surface area (Å²) < 4.78 is 33.3. The topological polar surface area (TPSA) is 94.1 Å². The van der Waals surface area contributed by atoms with Crippen LogP contribution in [0.3, 0.4) is 0 Å². The Balaban J connectivity index is 1.83. The van der Waals surface area contributed by atoms with Crippen molar-refractivity contribution in [2.45, 2.75) is 30.6 Å². The van der Waals surface area contributed by atoms with Crippen LogP contribution in [-0.2, 0) is 17.1 Å². The first-order valence-electron chi connectivity index (χ1n) is 6.76. The maximum Gasteiger partial charge on any atom is 0.246 e. The van der Waals surface area contributed by atoms with Gasteiger partial charge in [0.15, 0.2) is 5.82 Å². The third-order valence-electron chi connectivity index (χ3n) is 3.60. The van der Waals surface area contributed by atoms with Gasteiger partial charge in [-0.1, -0.05) is 5.16 Å². The molecule has 0 amide bonds. The minimum absolute atomic E-state index is 0.0496. The summed E-state index contributed by atoms with van der Waals surface area (Å²) in [5.41, 5.74) is 0. The number of hydrogen-bond donors (Lipinski definition) is 0. The summed E-state index contributed by atoms with van der Waals surface area (Å²) in [7, 11) is -1.82. The Morgan fingerprint density at radius 1 is 1.43 bits per heavy atom. The molecule has 0 saturated carbocycles. The highest BCUT2D eigenvalue weighted by atomic mass is 32.2. The molecule has 21 heavy (non-hydrogen) atoms. The van der Waals surface area contributed by atoms with Crippen LogP contribution < -0.4 is 0 Å². The largest absolute Gasteiger partial charge is 0.339 e. The minimum Gasteiger partial charge on any atom is -0.339 e. The van der Waals surface area contributed by atoms with Gasteiger partial charge in [-0.2, -0.15) is 14.4 Å². The molecule has 1 aliphatic heterocycles. The molecule has 2 aromatic heterocycles. The minimum atomic E-state index is -3.52. The summed E-state index contributed by atoms with van der Waals surface area (Å²) in [6.45, 7) is 2.61. The molecular weight excluding hydrogens is 294 g/mol. The second-order valence-corrected chi connectivity index (χ2v) is 7.17. The van der Waals surface area contributed by atoms with E-state index in [-0.39, 0.29) is 10.8 Å². The van der Waals surface area contributed by atoms with E-state index in [0.29, 0.717) is 24.8 Å². The molecule has 0 aliphatic carbocycles. The van der Waals surface area contributed by atoms with Crippen molar-refractivity contribution in [2.24, 2.45) is 7.05 Å². The van der Waals surface area contributed by atoms with Crippen molar-refractivity contribution in [1.29, 1.82) is 0 Å². The van der Waals surface area contributed by atoms with Crippen LogP contribution in [0.2, 0.25) is 0 Å². The Kier molecular flexibility index (Phi) is 3.54. The summed E-state index contributed by atoms with van der Waals surface area (Å²) in [6.07, 6.45) is 4.50. The van der Waals surface area contributed by atoms with Gasteiger partial charge in [0.05, 0.1) is 12.1 Å². The van der Waals surface area contributed by atoms with Crippen LogP contribution in [0.15, 0.2) is 21.8 Å². The molecule has 3 rings (SSSR count). The van der Waals surface area contributed by atoms with Crippen LogP contribution >= 0.6 is 0 Å². The van der Waals surface area contributed by atoms with E-state index >= 15 is 0 Å². The third-order valence-corrected chi connectivity index (χ3v) is 5.41. The number of hydrogen-bond acceptors (Lipinski definition) is 6. The highest BCUT2D eigenvalue weighted by molar-refractivity contribution is 7.89. The Hall–Kier alpha value is -1.74. The number of rotatable bonds is 3. The Morgan fingerprint density at radius 2 is 2.24 bits per heavy atom. The van der Waals surface area contributed by atoms with Crippen molar-refractivity contribution in [3.8, 4) is 0 Å². The van der Waals surface area contributed by atoms with Gasteiger partial charge in [-0.15, -0.1) is 0 Å². The summed E-state index contributed by atoms with van der Waals surface area (Å²) in [4.78, 5) is 4.43. The quantitative estimate of drug-likeness (QED) is 0.827. The summed E-state index contributed by atoms with van der Waals surface area (Å²) in [5.74, 6) is 1.03. The monoisotopic (exact) mass is 311 g/mol. The van der Waals surface area contributed by atoms with Gasteiger partial charge in [-0.25, -0.2) is 8.42 Å². The van der Waals surface area contributed by atoms with E-state index in [0.717, 1.165) is 12.8 Å². The van der Waals surface area contributed by atoms with Gasteiger partial charge in [0, 0.05) is 26.3 Å². The molecular formula is C12H17N5O3S. The van der Waals surface area contributed by atoms with Gasteiger partial charge in [0.25, 0.3) is 0 Å². The van der Waals surface area contributed by atoms with Gasteiger partial charge in [0.1, 0.15) is 4.90 Å². The van der Waals surface area contributed by atoms with Gasteiger partial charge in [-0.05, 0) is 19.8 Å². The zero-order valence-electron chi connectivity index (χ0n) is 11.9. The number of aryl methyl sites for hydroxylation is 2. The molecule has 0 bridgehead atoms. The smallest absolute Gasteiger partial charge is 0.246 e. The Labute approximate surface area is 122 Å². The van der Waals surface area contributed by atoms with Crippen molar-refractivity contribution in [3.63, 3.8) is 0 Å². The molecule has 0 unspecified atom stereocenters. The first-order chi connectivity index (χ1) is 9.96. The molecule has 0 radical (unpaired) electrons. The van der Waals surface area contributed by atoms with E-state index in [9.17, 15) is 8.42 Å². The van der Waals surface area contributed by atoms with Crippen LogP contribution in [-0.4, -0.2) is 45.7 Å². The van der Waals surface area contributed by atoms with Crippen LogP contribution in [0.5, 0.6) is 0 Å². The van der Waals surface area contributed by atoms with Crippen molar-refractivity contribution in [3.05, 3.63) is 24.1 Å². The maximum absolute atomic E-state index is 12.6. The van der Waals surface area contributed by atoms with Gasteiger partial charge in [-0.3, -0.25) is 4.68 Å². The molecule has 8 nitrogen and oxygen atoms in total. The molecule has 1 fully saturated rings. The molecule has 3 heterocycles. The fraction of sp³-hybridized carbons (Fsp3) is 0.583. The molecule has 9 heteroatoms. The van der Waals surface area contributed by atoms with Crippen molar-refractivity contribution in [1.82, 2.24) is 24.2 Å². The van der Waals surface area contributed by atoms with E-state index in [4.69, 9.17) is 4.52 Å². The first kappa shape index (κ1) is 14.2. The van der Waals surface area contributed by atoms with Gasteiger partial charge >= 0.3 is 0 Å². The van der Waals surface area contributed by atoms with Crippen LogP contribution in [0.25, 0.3) is 0 Å². The lowest BCUT2D eigenvalue weighted by Gasteiger charge is -2.29. The highest BCUT2D eigenvalue weighted by Crippen LogP contribution is 2.29. The second kappa shape index (κ2) is 5.23. The van der Waals surface area contributed by atoms with E-state index in [1.165, 1.54) is 21.4 Å². The lowest BCUT2D eigenvalue weighted by Crippen LogP contribution is -2.39. The molecule has 2 aromatic rings. The first-order valence-corrected chi connectivity index (χ1v) is 8.20. The lowest BCUT2D eigenvalue weighted by molar-refractivity contribution is 0.265. The Morgan fingerprint density at radius 3 is 2.86 bits per heavy atom. The van der Waals surface area contributed by atoms with Crippen molar-refractivity contribution >= 4 is 10.0 Å². The van der Waals surface area contributed by atoms with Gasteiger partial charge in [0.2, 0.25) is 15.9 Å². The highest BCUT2D eigenvalue weighted by Gasteiger charge is 2.33. The number of sulfonamides is 1. The predicted octanol–water partition coefficient (Wildman–Crippen LogP) is 0.680. The lowest BCUT2D eigenvalue weighted by atomic mass is 10.00. The number of nitrogens with zero attached hydrogens (tertiary/aromatic N) is 5. The normalized spacial score (nSPS) is 20.8. The molecule has 1 atom stereocenters. The van der Waals surface area contributed by atoms with Crippen LogP contribution in [0.4, 0.5) is 0 Å². The van der Waals surface area contributed by atoms with Crippen molar-refractivity contribution in [2.75, 3.05) is 13.1 Å². The molecule has 0 N–H and O–H groups in total. The van der Waals surface area contributed by atoms with E-state index in [2.05, 4.69) is 15.2 Å².